The lowest BCUT2D eigenvalue weighted by atomic mass is 9.82. The molecule has 1 aliphatic rings. The number of carbonyl (C=O) groups excluding carboxylic acids is 3. The molecule has 1 saturated carbocycles. The summed E-state index contributed by atoms with van der Waals surface area (Å²) in [4.78, 5) is 42.6. The van der Waals surface area contributed by atoms with Gasteiger partial charge in [-0.25, -0.2) is 14.2 Å². The minimum atomic E-state index is -4.96. The SMILES string of the molecule is COC(=O)c1cc(Oc2ncc(C(C)=O)cc2C(F)(F)F)c(F)cc1N(C(=O)[C@H]1CC[C@H](C)CC1)C(C)C. The number of nitrogens with zero attached hydrogens (tertiary/aromatic N) is 2. The van der Waals surface area contributed by atoms with Crippen molar-refractivity contribution in [3.63, 3.8) is 0 Å². The van der Waals surface area contributed by atoms with Crippen LogP contribution in [0.3, 0.4) is 0 Å². The number of hydrogen-bond donors (Lipinski definition) is 0. The number of carbonyl (C=O) groups is 3. The number of hydrogen-bond acceptors (Lipinski definition) is 6. The van der Waals surface area contributed by atoms with E-state index in [-0.39, 0.29) is 28.6 Å². The Bertz CT molecular complexity index is 1220. The van der Waals surface area contributed by atoms with E-state index >= 15 is 4.39 Å². The van der Waals surface area contributed by atoms with Gasteiger partial charge < -0.3 is 14.4 Å². The Morgan fingerprint density at radius 2 is 1.71 bits per heavy atom. The molecule has 2 aromatic rings. The summed E-state index contributed by atoms with van der Waals surface area (Å²) in [6.07, 6.45) is -1.04. The standard InChI is InChI=1S/C27H30F4N2O5/c1-14(2)33(25(35)17-8-6-15(3)7-9-17)22-12-21(28)23(11-19(22)26(36)37-5)38-24-20(27(29,30)31)10-18(13-32-24)16(4)34/h10-15,17H,6-9H2,1-5H3/t15-,17-. The highest BCUT2D eigenvalue weighted by Gasteiger charge is 2.37. The summed E-state index contributed by atoms with van der Waals surface area (Å²) in [6.45, 7) is 6.61. The minimum Gasteiger partial charge on any atom is -0.465 e. The number of pyridine rings is 1. The fourth-order valence-electron chi connectivity index (χ4n) is 4.48. The first-order valence-electron chi connectivity index (χ1n) is 12.3. The summed E-state index contributed by atoms with van der Waals surface area (Å²) in [7, 11) is 1.09. The van der Waals surface area contributed by atoms with Crippen molar-refractivity contribution in [3.05, 3.63) is 46.9 Å². The third-order valence-corrected chi connectivity index (χ3v) is 6.60. The Morgan fingerprint density at radius 1 is 1.08 bits per heavy atom. The minimum absolute atomic E-state index is 0.0729. The molecule has 0 spiro atoms. The van der Waals surface area contributed by atoms with Gasteiger partial charge in [0.2, 0.25) is 11.8 Å². The molecule has 0 N–H and O–H groups in total. The lowest BCUT2D eigenvalue weighted by Crippen LogP contribution is -2.43. The largest absolute Gasteiger partial charge is 0.465 e. The van der Waals surface area contributed by atoms with Crippen molar-refractivity contribution in [2.24, 2.45) is 11.8 Å². The van der Waals surface area contributed by atoms with Crippen LogP contribution in [0.1, 0.15) is 79.7 Å². The number of halogens is 4. The molecule has 0 bridgehead atoms. The second-order valence-corrected chi connectivity index (χ2v) is 9.78. The van der Waals surface area contributed by atoms with Gasteiger partial charge in [-0.3, -0.25) is 9.59 Å². The van der Waals surface area contributed by atoms with Gasteiger partial charge >= 0.3 is 12.1 Å². The number of alkyl halides is 3. The highest BCUT2D eigenvalue weighted by atomic mass is 19.4. The first-order chi connectivity index (χ1) is 17.7. The molecule has 7 nitrogen and oxygen atoms in total. The molecule has 1 amide bonds. The second kappa shape index (κ2) is 11.5. The summed E-state index contributed by atoms with van der Waals surface area (Å²) in [5.74, 6) is -4.52. The van der Waals surface area contributed by atoms with E-state index in [1.54, 1.807) is 13.8 Å². The summed E-state index contributed by atoms with van der Waals surface area (Å²) in [5, 5.41) is 0. The van der Waals surface area contributed by atoms with E-state index in [4.69, 9.17) is 9.47 Å². The fourth-order valence-corrected chi connectivity index (χ4v) is 4.48. The van der Waals surface area contributed by atoms with E-state index in [1.807, 2.05) is 0 Å². The summed E-state index contributed by atoms with van der Waals surface area (Å²) >= 11 is 0. The number of methoxy groups -OCH3 is 1. The molecular weight excluding hydrogens is 508 g/mol. The molecule has 38 heavy (non-hydrogen) atoms. The molecule has 0 atom stereocenters. The van der Waals surface area contributed by atoms with Crippen molar-refractivity contribution >= 4 is 23.3 Å². The number of esters is 1. The van der Waals surface area contributed by atoms with Crippen LogP contribution in [0.5, 0.6) is 11.6 Å². The maximum absolute atomic E-state index is 15.3. The average molecular weight is 539 g/mol. The molecule has 0 saturated heterocycles. The van der Waals surface area contributed by atoms with Gasteiger partial charge in [0.15, 0.2) is 17.3 Å². The number of ether oxygens (including phenoxy) is 2. The van der Waals surface area contributed by atoms with Crippen LogP contribution in [0.15, 0.2) is 24.4 Å². The van der Waals surface area contributed by atoms with Crippen LogP contribution < -0.4 is 9.64 Å². The van der Waals surface area contributed by atoms with Crippen LogP contribution in [0.4, 0.5) is 23.2 Å². The molecule has 1 aliphatic carbocycles. The van der Waals surface area contributed by atoms with Gasteiger partial charge in [0.25, 0.3) is 0 Å². The zero-order valence-corrected chi connectivity index (χ0v) is 21.8. The van der Waals surface area contributed by atoms with Gasteiger partial charge in [-0.2, -0.15) is 13.2 Å². The van der Waals surface area contributed by atoms with Crippen LogP contribution in [-0.2, 0) is 15.7 Å². The number of amides is 1. The lowest BCUT2D eigenvalue weighted by molar-refractivity contribution is -0.139. The Kier molecular flexibility index (Phi) is 8.79. The van der Waals surface area contributed by atoms with Crippen molar-refractivity contribution in [2.75, 3.05) is 12.0 Å². The number of benzene rings is 1. The molecule has 1 aromatic carbocycles. The van der Waals surface area contributed by atoms with Crippen molar-refractivity contribution in [3.8, 4) is 11.6 Å². The van der Waals surface area contributed by atoms with Crippen LogP contribution in [0, 0.1) is 17.7 Å². The van der Waals surface area contributed by atoms with Crippen LogP contribution in [-0.4, -0.2) is 35.8 Å². The Hall–Kier alpha value is -3.50. The Morgan fingerprint density at radius 3 is 2.24 bits per heavy atom. The predicted molar refractivity (Wildman–Crippen MR) is 131 cm³/mol. The van der Waals surface area contributed by atoms with Crippen LogP contribution >= 0.6 is 0 Å². The van der Waals surface area contributed by atoms with Gasteiger partial charge in [0.05, 0.1) is 18.4 Å². The summed E-state index contributed by atoms with van der Waals surface area (Å²) in [5.41, 5.74) is -2.03. The second-order valence-electron chi connectivity index (χ2n) is 9.78. The quantitative estimate of drug-likeness (QED) is 0.225. The molecular formula is C27H30F4N2O5. The van der Waals surface area contributed by atoms with Crippen LogP contribution in [0.25, 0.3) is 0 Å². The van der Waals surface area contributed by atoms with Crippen molar-refractivity contribution in [2.45, 2.75) is 65.6 Å². The number of Topliss-reactive ketones (excluding diaryl/α,β-unsaturated/α-hetero) is 1. The summed E-state index contributed by atoms with van der Waals surface area (Å²) < 4.78 is 66.3. The van der Waals surface area contributed by atoms with Gasteiger partial charge in [-0.1, -0.05) is 6.92 Å². The van der Waals surface area contributed by atoms with E-state index in [0.717, 1.165) is 45.2 Å². The number of anilines is 1. The third kappa shape index (κ3) is 6.31. The Balaban J connectivity index is 2.09. The molecule has 0 unspecified atom stereocenters. The number of aromatic nitrogens is 1. The molecule has 1 heterocycles. The fraction of sp³-hybridized carbons (Fsp3) is 0.481. The van der Waals surface area contributed by atoms with Crippen molar-refractivity contribution in [1.29, 1.82) is 0 Å². The van der Waals surface area contributed by atoms with Crippen LogP contribution in [0.2, 0.25) is 0 Å². The normalized spacial score (nSPS) is 17.7. The van der Waals surface area contributed by atoms with Crippen molar-refractivity contribution < 1.29 is 41.4 Å². The maximum atomic E-state index is 15.3. The molecule has 0 aliphatic heterocycles. The first kappa shape index (κ1) is 29.1. The van der Waals surface area contributed by atoms with E-state index in [1.165, 1.54) is 4.90 Å². The first-order valence-corrected chi connectivity index (χ1v) is 12.3. The molecule has 206 valence electrons. The number of rotatable bonds is 7. The zero-order valence-electron chi connectivity index (χ0n) is 21.8. The van der Waals surface area contributed by atoms with Gasteiger partial charge in [0.1, 0.15) is 5.56 Å². The van der Waals surface area contributed by atoms with Crippen molar-refractivity contribution in [1.82, 2.24) is 4.98 Å². The number of ketones is 1. The molecule has 11 heteroatoms. The van der Waals surface area contributed by atoms with E-state index in [2.05, 4.69) is 11.9 Å². The third-order valence-electron chi connectivity index (χ3n) is 6.60. The van der Waals surface area contributed by atoms with Gasteiger partial charge in [-0.15, -0.1) is 0 Å². The molecule has 1 aromatic heterocycles. The summed E-state index contributed by atoms with van der Waals surface area (Å²) in [6, 6.07) is 1.86. The Labute approximate surface area is 218 Å². The average Bonchev–Trinajstić information content (AvgIpc) is 2.84. The highest BCUT2D eigenvalue weighted by molar-refractivity contribution is 6.04. The predicted octanol–water partition coefficient (Wildman–Crippen LogP) is 6.59. The van der Waals surface area contributed by atoms with Gasteiger partial charge in [0, 0.05) is 35.9 Å². The maximum Gasteiger partial charge on any atom is 0.421 e. The van der Waals surface area contributed by atoms with Gasteiger partial charge in [-0.05, 0) is 58.4 Å². The smallest absolute Gasteiger partial charge is 0.421 e. The topological polar surface area (TPSA) is 85.8 Å². The zero-order chi connectivity index (χ0) is 28.4. The lowest BCUT2D eigenvalue weighted by Gasteiger charge is -2.34. The molecule has 1 fully saturated rings. The highest BCUT2D eigenvalue weighted by Crippen LogP contribution is 2.40. The van der Waals surface area contributed by atoms with E-state index in [0.29, 0.717) is 24.8 Å². The molecule has 0 radical (unpaired) electrons. The monoisotopic (exact) mass is 538 g/mol. The van der Waals surface area contributed by atoms with E-state index < -0.39 is 47.0 Å². The molecule has 3 rings (SSSR count). The van der Waals surface area contributed by atoms with E-state index in [9.17, 15) is 27.6 Å².